The number of hydrogen-bond acceptors (Lipinski definition) is 2. The van der Waals surface area contributed by atoms with Crippen LogP contribution in [0.2, 0.25) is 0 Å². The molecule has 0 aromatic heterocycles. The molecule has 0 spiro atoms. The monoisotopic (exact) mass is 232 g/mol. The zero-order chi connectivity index (χ0) is 9.61. The first-order chi connectivity index (χ1) is 5.48. The Hall–Kier alpha value is 0.440. The summed E-state index contributed by atoms with van der Waals surface area (Å²) in [5.74, 6) is 0.360. The Bertz CT molecular complexity index is 195. The van der Waals surface area contributed by atoms with E-state index in [4.69, 9.17) is 23.2 Å². The maximum Gasteiger partial charge on any atom is 0.222 e. The number of rotatable bonds is 6. The van der Waals surface area contributed by atoms with Crippen molar-refractivity contribution in [3.63, 3.8) is 0 Å². The third-order valence-corrected chi connectivity index (χ3v) is 3.69. The van der Waals surface area contributed by atoms with Crippen molar-refractivity contribution in [1.82, 2.24) is 0 Å². The molecule has 0 radical (unpaired) electrons. The van der Waals surface area contributed by atoms with Crippen LogP contribution in [0.3, 0.4) is 0 Å². The summed E-state index contributed by atoms with van der Waals surface area (Å²) in [7, 11) is -3.15. The molecule has 1 atom stereocenters. The summed E-state index contributed by atoms with van der Waals surface area (Å²) in [6, 6.07) is 0. The van der Waals surface area contributed by atoms with Crippen LogP contribution in [0.25, 0.3) is 0 Å². The summed E-state index contributed by atoms with van der Waals surface area (Å²) in [6.45, 7) is 0. The molecule has 0 heterocycles. The van der Waals surface area contributed by atoms with Gasteiger partial charge in [-0.3, -0.25) is 9.36 Å². The molecule has 0 aromatic rings. The van der Waals surface area contributed by atoms with E-state index in [1.165, 1.54) is 0 Å². The molecule has 0 aliphatic carbocycles. The second-order valence-corrected chi connectivity index (χ2v) is 5.83. The zero-order valence-corrected chi connectivity index (χ0v) is 8.91. The van der Waals surface area contributed by atoms with Crippen LogP contribution in [0.4, 0.5) is 0 Å². The maximum atomic E-state index is 11.2. The van der Waals surface area contributed by atoms with Crippen molar-refractivity contribution in [2.45, 2.75) is 12.8 Å². The zero-order valence-electron chi connectivity index (χ0n) is 6.50. The highest BCUT2D eigenvalue weighted by Gasteiger charge is 2.18. The Morgan fingerprint density at radius 3 is 2.42 bits per heavy atom. The van der Waals surface area contributed by atoms with E-state index in [9.17, 15) is 14.3 Å². The number of carbonyl (C=O) groups is 1. The summed E-state index contributed by atoms with van der Waals surface area (Å²) in [6.07, 6.45) is 0.580. The normalized spacial score (nSPS) is 15.6. The van der Waals surface area contributed by atoms with Crippen molar-refractivity contribution >= 4 is 35.8 Å². The van der Waals surface area contributed by atoms with Gasteiger partial charge in [-0.25, -0.2) is 0 Å². The summed E-state index contributed by atoms with van der Waals surface area (Å²) in [4.78, 5) is 19.5. The third-order valence-electron chi connectivity index (χ3n) is 1.30. The Balaban J connectivity index is 3.71. The predicted molar refractivity (Wildman–Crippen MR) is 50.4 cm³/mol. The first kappa shape index (κ1) is 12.4. The fourth-order valence-corrected chi connectivity index (χ4v) is 2.66. The van der Waals surface area contributed by atoms with E-state index in [0.717, 1.165) is 0 Å². The highest BCUT2D eigenvalue weighted by atomic mass is 35.5. The van der Waals surface area contributed by atoms with Gasteiger partial charge in [-0.1, -0.05) is 0 Å². The van der Waals surface area contributed by atoms with E-state index < -0.39 is 12.6 Å². The van der Waals surface area contributed by atoms with E-state index in [2.05, 4.69) is 0 Å². The van der Waals surface area contributed by atoms with Crippen LogP contribution in [-0.4, -0.2) is 28.3 Å². The SMILES string of the molecule is O=C(Cl)CCP(=O)(O)CCCCl. The summed E-state index contributed by atoms with van der Waals surface area (Å²) < 4.78 is 11.2. The maximum absolute atomic E-state index is 11.2. The highest BCUT2D eigenvalue weighted by Crippen LogP contribution is 2.41. The first-order valence-electron chi connectivity index (χ1n) is 3.53. The Morgan fingerprint density at radius 1 is 1.42 bits per heavy atom. The van der Waals surface area contributed by atoms with Crippen LogP contribution < -0.4 is 0 Å². The molecule has 6 heteroatoms. The average molecular weight is 233 g/mol. The van der Waals surface area contributed by atoms with Gasteiger partial charge in [0.2, 0.25) is 12.6 Å². The van der Waals surface area contributed by atoms with E-state index in [0.29, 0.717) is 12.3 Å². The lowest BCUT2D eigenvalue weighted by Gasteiger charge is -2.08. The fraction of sp³-hybridized carbons (Fsp3) is 0.833. The summed E-state index contributed by atoms with van der Waals surface area (Å²) in [5.41, 5.74) is 0. The molecule has 12 heavy (non-hydrogen) atoms. The standard InChI is InChI=1S/C6H11Cl2O3P/c7-3-1-4-12(10,11)5-2-6(8)9/h1-5H2,(H,10,11). The lowest BCUT2D eigenvalue weighted by atomic mass is 10.5. The van der Waals surface area contributed by atoms with Gasteiger partial charge in [-0.15, -0.1) is 11.6 Å². The number of halogens is 2. The Morgan fingerprint density at radius 2 is 2.00 bits per heavy atom. The second-order valence-electron chi connectivity index (χ2n) is 2.44. The molecule has 72 valence electrons. The molecule has 0 saturated heterocycles. The summed E-state index contributed by atoms with van der Waals surface area (Å²) >= 11 is 10.4. The third kappa shape index (κ3) is 7.11. The smallest absolute Gasteiger partial charge is 0.222 e. The first-order valence-corrected chi connectivity index (χ1v) is 6.47. The molecule has 0 bridgehead atoms. The van der Waals surface area contributed by atoms with E-state index in [1.54, 1.807) is 0 Å². The molecule has 0 amide bonds. The lowest BCUT2D eigenvalue weighted by Crippen LogP contribution is -1.98. The predicted octanol–water partition coefficient (Wildman–Crippen LogP) is 2.04. The second kappa shape index (κ2) is 5.98. The number of alkyl halides is 1. The minimum atomic E-state index is -3.15. The minimum absolute atomic E-state index is 0.0355. The van der Waals surface area contributed by atoms with Crippen LogP contribution in [0, 0.1) is 0 Å². The molecule has 0 fully saturated rings. The molecular formula is C6H11Cl2O3P. The summed E-state index contributed by atoms with van der Waals surface area (Å²) in [5, 5.41) is -0.574. The fourth-order valence-electron chi connectivity index (χ4n) is 0.681. The molecule has 0 rings (SSSR count). The van der Waals surface area contributed by atoms with Crippen molar-refractivity contribution in [3.05, 3.63) is 0 Å². The van der Waals surface area contributed by atoms with Gasteiger partial charge >= 0.3 is 0 Å². The van der Waals surface area contributed by atoms with Crippen molar-refractivity contribution in [2.75, 3.05) is 18.2 Å². The van der Waals surface area contributed by atoms with Crippen LogP contribution in [-0.2, 0) is 9.36 Å². The quantitative estimate of drug-likeness (QED) is 0.434. The van der Waals surface area contributed by atoms with E-state index in [-0.39, 0.29) is 18.7 Å². The van der Waals surface area contributed by atoms with Gasteiger partial charge in [0.05, 0.1) is 0 Å². The van der Waals surface area contributed by atoms with Crippen molar-refractivity contribution in [3.8, 4) is 0 Å². The van der Waals surface area contributed by atoms with E-state index >= 15 is 0 Å². The molecule has 1 N–H and O–H groups in total. The van der Waals surface area contributed by atoms with E-state index in [1.807, 2.05) is 0 Å². The largest absolute Gasteiger partial charge is 0.344 e. The molecule has 0 aliphatic rings. The van der Waals surface area contributed by atoms with Crippen molar-refractivity contribution in [2.24, 2.45) is 0 Å². The number of carbonyl (C=O) groups excluding carboxylic acids is 1. The Labute approximate surface area is 81.5 Å². The van der Waals surface area contributed by atoms with Crippen LogP contribution in [0.1, 0.15) is 12.8 Å². The average Bonchev–Trinajstić information content (AvgIpc) is 1.98. The van der Waals surface area contributed by atoms with Gasteiger partial charge in [0.1, 0.15) is 0 Å². The topological polar surface area (TPSA) is 54.4 Å². The van der Waals surface area contributed by atoms with Crippen LogP contribution in [0.5, 0.6) is 0 Å². The van der Waals surface area contributed by atoms with Gasteiger partial charge in [-0.2, -0.15) is 0 Å². The van der Waals surface area contributed by atoms with Gasteiger partial charge < -0.3 is 4.89 Å². The molecule has 0 aromatic carbocycles. The van der Waals surface area contributed by atoms with Crippen LogP contribution in [0.15, 0.2) is 0 Å². The molecule has 0 aliphatic heterocycles. The van der Waals surface area contributed by atoms with Crippen molar-refractivity contribution < 1.29 is 14.3 Å². The van der Waals surface area contributed by atoms with Gasteiger partial charge in [0, 0.05) is 24.6 Å². The molecule has 1 unspecified atom stereocenters. The lowest BCUT2D eigenvalue weighted by molar-refractivity contribution is -0.111. The molecule has 3 nitrogen and oxygen atoms in total. The number of hydrogen-bond donors (Lipinski definition) is 1. The van der Waals surface area contributed by atoms with Crippen molar-refractivity contribution in [1.29, 1.82) is 0 Å². The van der Waals surface area contributed by atoms with Gasteiger partial charge in [0.25, 0.3) is 0 Å². The molecule has 0 saturated carbocycles. The molecular weight excluding hydrogens is 222 g/mol. The highest BCUT2D eigenvalue weighted by molar-refractivity contribution is 7.58. The Kier molecular flexibility index (Phi) is 6.20. The van der Waals surface area contributed by atoms with Gasteiger partial charge in [-0.05, 0) is 18.0 Å². The van der Waals surface area contributed by atoms with Gasteiger partial charge in [0.15, 0.2) is 0 Å². The minimum Gasteiger partial charge on any atom is -0.344 e. The van der Waals surface area contributed by atoms with Crippen LogP contribution >= 0.6 is 30.6 Å².